The highest BCUT2D eigenvalue weighted by Crippen LogP contribution is 2.47. The van der Waals surface area contributed by atoms with Crippen LogP contribution < -0.4 is 5.32 Å². The summed E-state index contributed by atoms with van der Waals surface area (Å²) in [5.74, 6) is -2.69. The van der Waals surface area contributed by atoms with Crippen LogP contribution in [-0.4, -0.2) is 32.1 Å². The molecule has 7 heteroatoms. The summed E-state index contributed by atoms with van der Waals surface area (Å²) in [6.45, 7) is 0. The van der Waals surface area contributed by atoms with Gasteiger partial charge in [-0.3, -0.25) is 9.59 Å². The number of rotatable bonds is 8. The van der Waals surface area contributed by atoms with E-state index in [9.17, 15) is 14.4 Å². The standard InChI is InChI=1S/C32H29NO5S/c1-37-31(35)23-18-19-24-27(23)28(32(36)38-2)30(39-24)33-29(34)26(22-16-10-5-11-17-22)25(20-12-6-3-7-13-20)21-14-8-4-9-15-21/h3-17,23,25-26H,18-19H2,1-2H3,(H,33,34). The van der Waals surface area contributed by atoms with Crippen molar-refractivity contribution in [1.29, 1.82) is 0 Å². The molecule has 1 aromatic heterocycles. The molecule has 0 fully saturated rings. The van der Waals surface area contributed by atoms with Crippen molar-refractivity contribution >= 4 is 34.2 Å². The molecule has 0 radical (unpaired) electrons. The molecule has 1 amide bonds. The number of aryl methyl sites for hydroxylation is 1. The lowest BCUT2D eigenvalue weighted by molar-refractivity contribution is -0.142. The molecule has 1 N–H and O–H groups in total. The number of hydrogen-bond donors (Lipinski definition) is 1. The number of nitrogens with one attached hydrogen (secondary N) is 1. The minimum atomic E-state index is -0.602. The minimum Gasteiger partial charge on any atom is -0.469 e. The monoisotopic (exact) mass is 539 g/mol. The number of methoxy groups -OCH3 is 2. The predicted molar refractivity (Wildman–Crippen MR) is 151 cm³/mol. The first-order valence-corrected chi connectivity index (χ1v) is 13.6. The summed E-state index contributed by atoms with van der Waals surface area (Å²) in [4.78, 5) is 40.7. The van der Waals surface area contributed by atoms with Gasteiger partial charge >= 0.3 is 11.9 Å². The largest absolute Gasteiger partial charge is 0.469 e. The second-order valence-corrected chi connectivity index (χ2v) is 10.5. The number of benzene rings is 3. The molecule has 6 nitrogen and oxygen atoms in total. The normalized spacial score (nSPS) is 14.9. The maximum atomic E-state index is 14.3. The first-order valence-electron chi connectivity index (χ1n) is 12.8. The van der Waals surface area contributed by atoms with Gasteiger partial charge in [0.25, 0.3) is 0 Å². The van der Waals surface area contributed by atoms with Crippen LogP contribution in [-0.2, 0) is 25.5 Å². The first-order chi connectivity index (χ1) is 19.0. The van der Waals surface area contributed by atoms with Gasteiger partial charge in [-0.15, -0.1) is 11.3 Å². The Bertz CT molecular complexity index is 1430. The van der Waals surface area contributed by atoms with Gasteiger partial charge in [0.15, 0.2) is 0 Å². The molecule has 4 aromatic rings. The number of esters is 2. The zero-order valence-corrected chi connectivity index (χ0v) is 22.6. The molecule has 1 heterocycles. The molecular weight excluding hydrogens is 510 g/mol. The Labute approximate surface area is 231 Å². The summed E-state index contributed by atoms with van der Waals surface area (Å²) in [6.07, 6.45) is 1.18. The van der Waals surface area contributed by atoms with Crippen molar-refractivity contribution in [3.8, 4) is 0 Å². The fraction of sp³-hybridized carbons (Fsp3) is 0.219. The molecule has 0 saturated carbocycles. The van der Waals surface area contributed by atoms with Gasteiger partial charge in [-0.2, -0.15) is 0 Å². The molecule has 0 saturated heterocycles. The van der Waals surface area contributed by atoms with Crippen molar-refractivity contribution in [1.82, 2.24) is 0 Å². The SMILES string of the molecule is COC(=O)c1c(NC(=O)C(c2ccccc2)C(c2ccccc2)c2ccccc2)sc2c1C(C(=O)OC)CC2. The van der Waals surface area contributed by atoms with Gasteiger partial charge in [-0.25, -0.2) is 4.79 Å². The Morgan fingerprint density at radius 3 is 1.85 bits per heavy atom. The fourth-order valence-corrected chi connectivity index (χ4v) is 6.75. The van der Waals surface area contributed by atoms with E-state index in [1.807, 2.05) is 91.0 Å². The zero-order chi connectivity index (χ0) is 27.4. The molecule has 2 atom stereocenters. The van der Waals surface area contributed by atoms with E-state index in [0.29, 0.717) is 23.4 Å². The van der Waals surface area contributed by atoms with Crippen LogP contribution in [0.25, 0.3) is 0 Å². The van der Waals surface area contributed by atoms with Crippen molar-refractivity contribution in [3.05, 3.63) is 124 Å². The fourth-order valence-electron chi connectivity index (χ4n) is 5.48. The third-order valence-corrected chi connectivity index (χ3v) is 8.42. The van der Waals surface area contributed by atoms with E-state index in [1.165, 1.54) is 25.6 Å². The van der Waals surface area contributed by atoms with Crippen LogP contribution in [0.2, 0.25) is 0 Å². The Morgan fingerprint density at radius 1 is 0.795 bits per heavy atom. The number of ether oxygens (including phenoxy) is 2. The second-order valence-electron chi connectivity index (χ2n) is 9.43. The summed E-state index contributed by atoms with van der Waals surface area (Å²) in [7, 11) is 2.64. The van der Waals surface area contributed by atoms with Crippen molar-refractivity contribution in [2.24, 2.45) is 0 Å². The molecule has 198 valence electrons. The third kappa shape index (κ3) is 5.22. The van der Waals surface area contributed by atoms with E-state index < -0.39 is 23.8 Å². The highest BCUT2D eigenvalue weighted by Gasteiger charge is 2.40. The number of thiophene rings is 1. The number of carbonyl (C=O) groups is 3. The van der Waals surface area contributed by atoms with E-state index >= 15 is 0 Å². The molecule has 5 rings (SSSR count). The first kappa shape index (κ1) is 26.4. The van der Waals surface area contributed by atoms with Gasteiger partial charge in [0.2, 0.25) is 5.91 Å². The lowest BCUT2D eigenvalue weighted by atomic mass is 9.76. The highest BCUT2D eigenvalue weighted by atomic mass is 32.1. The molecule has 39 heavy (non-hydrogen) atoms. The van der Waals surface area contributed by atoms with Crippen molar-refractivity contribution in [2.45, 2.75) is 30.6 Å². The van der Waals surface area contributed by atoms with E-state index in [-0.39, 0.29) is 17.4 Å². The van der Waals surface area contributed by atoms with Gasteiger partial charge in [-0.05, 0) is 35.1 Å². The number of amides is 1. The van der Waals surface area contributed by atoms with Gasteiger partial charge in [0, 0.05) is 10.8 Å². The summed E-state index contributed by atoms with van der Waals surface area (Å²) < 4.78 is 10.1. The van der Waals surface area contributed by atoms with Crippen molar-refractivity contribution in [3.63, 3.8) is 0 Å². The van der Waals surface area contributed by atoms with Gasteiger partial charge in [-0.1, -0.05) is 91.0 Å². The molecule has 0 spiro atoms. The molecule has 3 aromatic carbocycles. The summed E-state index contributed by atoms with van der Waals surface area (Å²) >= 11 is 1.33. The topological polar surface area (TPSA) is 81.7 Å². The smallest absolute Gasteiger partial charge is 0.341 e. The van der Waals surface area contributed by atoms with Crippen LogP contribution in [0.3, 0.4) is 0 Å². The quantitative estimate of drug-likeness (QED) is 0.266. The maximum Gasteiger partial charge on any atom is 0.341 e. The number of carbonyl (C=O) groups excluding carboxylic acids is 3. The summed E-state index contributed by atoms with van der Waals surface area (Å²) in [5.41, 5.74) is 3.69. The molecule has 0 bridgehead atoms. The maximum absolute atomic E-state index is 14.3. The Hall–Kier alpha value is -4.23. The van der Waals surface area contributed by atoms with Crippen LogP contribution in [0.15, 0.2) is 91.0 Å². The Morgan fingerprint density at radius 2 is 1.33 bits per heavy atom. The van der Waals surface area contributed by atoms with E-state index in [0.717, 1.165) is 21.6 Å². The lowest BCUT2D eigenvalue weighted by Crippen LogP contribution is -2.28. The van der Waals surface area contributed by atoms with Crippen LogP contribution in [0.5, 0.6) is 0 Å². The average molecular weight is 540 g/mol. The van der Waals surface area contributed by atoms with Crippen LogP contribution in [0, 0.1) is 0 Å². The van der Waals surface area contributed by atoms with E-state index in [2.05, 4.69) is 5.32 Å². The predicted octanol–water partition coefficient (Wildman–Crippen LogP) is 6.29. The van der Waals surface area contributed by atoms with Crippen LogP contribution in [0.1, 0.15) is 61.7 Å². The number of hydrogen-bond acceptors (Lipinski definition) is 6. The number of fused-ring (bicyclic) bond motifs is 1. The minimum absolute atomic E-state index is 0.238. The van der Waals surface area contributed by atoms with E-state index in [4.69, 9.17) is 9.47 Å². The van der Waals surface area contributed by atoms with E-state index in [1.54, 1.807) is 0 Å². The highest BCUT2D eigenvalue weighted by molar-refractivity contribution is 7.17. The number of anilines is 1. The summed E-state index contributed by atoms with van der Waals surface area (Å²) in [6, 6.07) is 29.6. The molecular formula is C32H29NO5S. The average Bonchev–Trinajstić information content (AvgIpc) is 3.55. The Kier molecular flexibility index (Phi) is 7.89. The van der Waals surface area contributed by atoms with Crippen LogP contribution >= 0.6 is 11.3 Å². The second kappa shape index (κ2) is 11.7. The molecule has 1 aliphatic rings. The third-order valence-electron chi connectivity index (χ3n) is 7.23. The molecule has 2 unspecified atom stereocenters. The van der Waals surface area contributed by atoms with Crippen molar-refractivity contribution in [2.75, 3.05) is 19.5 Å². The van der Waals surface area contributed by atoms with Gasteiger partial charge < -0.3 is 14.8 Å². The van der Waals surface area contributed by atoms with Crippen LogP contribution in [0.4, 0.5) is 5.00 Å². The van der Waals surface area contributed by atoms with Crippen molar-refractivity contribution < 1.29 is 23.9 Å². The zero-order valence-electron chi connectivity index (χ0n) is 21.8. The Balaban J connectivity index is 1.61. The van der Waals surface area contributed by atoms with Gasteiger partial charge in [0.1, 0.15) is 5.00 Å². The van der Waals surface area contributed by atoms with Gasteiger partial charge in [0.05, 0.1) is 31.6 Å². The molecule has 0 aliphatic heterocycles. The summed E-state index contributed by atoms with van der Waals surface area (Å²) in [5, 5.41) is 3.47. The molecule has 1 aliphatic carbocycles. The lowest BCUT2D eigenvalue weighted by Gasteiger charge is -2.28.